The van der Waals surface area contributed by atoms with Gasteiger partial charge in [0.15, 0.2) is 11.5 Å². The van der Waals surface area contributed by atoms with Gasteiger partial charge in [0.2, 0.25) is 0 Å². The standard InChI is InChI=1S/C22H22N4O/c1-16(2)14-24-21-22-23-12-13-26(22)19(15-25-21)18-10-6-7-11-20(18)27-17-8-4-3-5-9-17/h3-13,15-16H,14H2,1-2H3,(H,24,25). The molecule has 0 saturated heterocycles. The van der Waals surface area contributed by atoms with Crippen molar-refractivity contribution in [2.45, 2.75) is 13.8 Å². The predicted octanol–water partition coefficient (Wildman–Crippen LogP) is 5.26. The van der Waals surface area contributed by atoms with Crippen molar-refractivity contribution in [1.82, 2.24) is 14.4 Å². The summed E-state index contributed by atoms with van der Waals surface area (Å²) in [7, 11) is 0. The number of benzene rings is 2. The number of ether oxygens (including phenoxy) is 1. The van der Waals surface area contributed by atoms with Gasteiger partial charge in [-0.3, -0.25) is 4.40 Å². The molecule has 0 aliphatic rings. The third-order valence-corrected chi connectivity index (χ3v) is 4.24. The van der Waals surface area contributed by atoms with Gasteiger partial charge in [0.1, 0.15) is 11.5 Å². The highest BCUT2D eigenvalue weighted by Gasteiger charge is 2.14. The zero-order chi connectivity index (χ0) is 18.6. The summed E-state index contributed by atoms with van der Waals surface area (Å²) in [5, 5.41) is 3.38. The Labute approximate surface area is 158 Å². The molecule has 136 valence electrons. The van der Waals surface area contributed by atoms with Crippen LogP contribution in [0.5, 0.6) is 11.5 Å². The molecule has 4 aromatic rings. The minimum Gasteiger partial charge on any atom is -0.457 e. The van der Waals surface area contributed by atoms with Crippen molar-refractivity contribution in [2.24, 2.45) is 5.92 Å². The molecule has 0 aliphatic heterocycles. The smallest absolute Gasteiger partial charge is 0.180 e. The first-order chi connectivity index (χ1) is 13.2. The quantitative estimate of drug-likeness (QED) is 0.511. The Morgan fingerprint density at radius 3 is 2.59 bits per heavy atom. The average Bonchev–Trinajstić information content (AvgIpc) is 3.18. The second kappa shape index (κ2) is 7.50. The lowest BCUT2D eigenvalue weighted by molar-refractivity contribution is 0.484. The highest BCUT2D eigenvalue weighted by atomic mass is 16.5. The molecule has 0 unspecified atom stereocenters. The number of hydrogen-bond donors (Lipinski definition) is 1. The Balaban J connectivity index is 1.75. The van der Waals surface area contributed by atoms with Gasteiger partial charge in [-0.2, -0.15) is 0 Å². The number of imidazole rings is 1. The summed E-state index contributed by atoms with van der Waals surface area (Å²) in [5.74, 6) is 2.90. The number of anilines is 1. The first-order valence-electron chi connectivity index (χ1n) is 9.10. The van der Waals surface area contributed by atoms with Crippen LogP contribution >= 0.6 is 0 Å². The SMILES string of the molecule is CC(C)CNc1ncc(-c2ccccc2Oc2ccccc2)n2ccnc12. The van der Waals surface area contributed by atoms with Gasteiger partial charge in [-0.15, -0.1) is 0 Å². The third kappa shape index (κ3) is 3.62. The molecule has 5 heteroatoms. The van der Waals surface area contributed by atoms with Gasteiger partial charge in [-0.1, -0.05) is 44.2 Å². The average molecular weight is 358 g/mol. The Morgan fingerprint density at radius 1 is 1.00 bits per heavy atom. The molecule has 0 bridgehead atoms. The van der Waals surface area contributed by atoms with Crippen molar-refractivity contribution < 1.29 is 4.74 Å². The fraction of sp³-hybridized carbons (Fsp3) is 0.182. The van der Waals surface area contributed by atoms with Gasteiger partial charge in [-0.25, -0.2) is 9.97 Å². The van der Waals surface area contributed by atoms with Gasteiger partial charge in [0, 0.05) is 24.5 Å². The minimum absolute atomic E-state index is 0.529. The summed E-state index contributed by atoms with van der Waals surface area (Å²) in [4.78, 5) is 9.12. The number of fused-ring (bicyclic) bond motifs is 1. The van der Waals surface area contributed by atoms with Crippen LogP contribution < -0.4 is 10.1 Å². The monoisotopic (exact) mass is 358 g/mol. The van der Waals surface area contributed by atoms with Crippen LogP contribution in [0, 0.1) is 5.92 Å². The van der Waals surface area contributed by atoms with E-state index in [-0.39, 0.29) is 0 Å². The maximum atomic E-state index is 6.12. The molecule has 0 radical (unpaired) electrons. The third-order valence-electron chi connectivity index (χ3n) is 4.24. The minimum atomic E-state index is 0.529. The van der Waals surface area contributed by atoms with Crippen LogP contribution in [0.25, 0.3) is 16.9 Å². The summed E-state index contributed by atoms with van der Waals surface area (Å²) in [5.41, 5.74) is 2.71. The Kier molecular flexibility index (Phi) is 4.75. The van der Waals surface area contributed by atoms with E-state index >= 15 is 0 Å². The largest absolute Gasteiger partial charge is 0.457 e. The zero-order valence-electron chi connectivity index (χ0n) is 15.5. The van der Waals surface area contributed by atoms with Gasteiger partial charge < -0.3 is 10.1 Å². The molecule has 0 atom stereocenters. The van der Waals surface area contributed by atoms with Gasteiger partial charge in [0.05, 0.1) is 11.9 Å². The highest BCUT2D eigenvalue weighted by Crippen LogP contribution is 2.34. The molecule has 0 fully saturated rings. The highest BCUT2D eigenvalue weighted by molar-refractivity contribution is 5.73. The van der Waals surface area contributed by atoms with Crippen LogP contribution in [-0.4, -0.2) is 20.9 Å². The van der Waals surface area contributed by atoms with E-state index in [2.05, 4.69) is 29.1 Å². The molecule has 2 aromatic heterocycles. The summed E-state index contributed by atoms with van der Waals surface area (Å²) in [6, 6.07) is 17.8. The first-order valence-corrected chi connectivity index (χ1v) is 9.10. The zero-order valence-corrected chi connectivity index (χ0v) is 15.5. The van der Waals surface area contributed by atoms with E-state index in [1.54, 1.807) is 6.20 Å². The molecule has 5 nitrogen and oxygen atoms in total. The number of nitrogens with one attached hydrogen (secondary N) is 1. The molecule has 1 N–H and O–H groups in total. The molecule has 0 aliphatic carbocycles. The van der Waals surface area contributed by atoms with Gasteiger partial charge in [0.25, 0.3) is 0 Å². The molecule has 0 amide bonds. The summed E-state index contributed by atoms with van der Waals surface area (Å²) in [6.07, 6.45) is 5.61. The first kappa shape index (κ1) is 17.1. The van der Waals surface area contributed by atoms with E-state index in [0.29, 0.717) is 5.92 Å². The summed E-state index contributed by atoms with van der Waals surface area (Å²) in [6.45, 7) is 5.19. The normalized spacial score (nSPS) is 11.1. The molecular weight excluding hydrogens is 336 g/mol. The molecule has 4 rings (SSSR count). The fourth-order valence-electron chi connectivity index (χ4n) is 2.93. The Bertz CT molecular complexity index is 1040. The number of hydrogen-bond acceptors (Lipinski definition) is 4. The molecular formula is C22H22N4O. The topological polar surface area (TPSA) is 51.5 Å². The van der Waals surface area contributed by atoms with E-state index < -0.39 is 0 Å². The van der Waals surface area contributed by atoms with E-state index in [9.17, 15) is 0 Å². The molecule has 0 spiro atoms. The van der Waals surface area contributed by atoms with Gasteiger partial charge >= 0.3 is 0 Å². The number of aromatic nitrogens is 3. The Hall–Kier alpha value is -3.34. The van der Waals surface area contributed by atoms with Crippen molar-refractivity contribution in [3.05, 3.63) is 73.2 Å². The van der Waals surface area contributed by atoms with Crippen LogP contribution in [0.4, 0.5) is 5.82 Å². The molecule has 0 saturated carbocycles. The summed E-state index contributed by atoms with van der Waals surface area (Å²) < 4.78 is 8.17. The van der Waals surface area contributed by atoms with E-state index in [0.717, 1.165) is 40.8 Å². The van der Waals surface area contributed by atoms with Crippen LogP contribution in [0.2, 0.25) is 0 Å². The van der Waals surface area contributed by atoms with Crippen LogP contribution in [0.3, 0.4) is 0 Å². The van der Waals surface area contributed by atoms with Crippen molar-refractivity contribution in [1.29, 1.82) is 0 Å². The van der Waals surface area contributed by atoms with Crippen molar-refractivity contribution in [3.8, 4) is 22.8 Å². The number of para-hydroxylation sites is 2. The van der Waals surface area contributed by atoms with E-state index in [1.807, 2.05) is 71.4 Å². The molecule has 27 heavy (non-hydrogen) atoms. The molecule has 2 heterocycles. The lowest BCUT2D eigenvalue weighted by Crippen LogP contribution is -2.11. The second-order valence-electron chi connectivity index (χ2n) is 6.80. The summed E-state index contributed by atoms with van der Waals surface area (Å²) >= 11 is 0. The predicted molar refractivity (Wildman–Crippen MR) is 108 cm³/mol. The lowest BCUT2D eigenvalue weighted by atomic mass is 10.1. The van der Waals surface area contributed by atoms with Crippen LogP contribution in [-0.2, 0) is 0 Å². The number of rotatable bonds is 6. The van der Waals surface area contributed by atoms with Crippen molar-refractivity contribution in [3.63, 3.8) is 0 Å². The van der Waals surface area contributed by atoms with Crippen LogP contribution in [0.15, 0.2) is 73.2 Å². The van der Waals surface area contributed by atoms with Gasteiger partial charge in [-0.05, 0) is 30.2 Å². The van der Waals surface area contributed by atoms with E-state index in [1.165, 1.54) is 0 Å². The molecule has 2 aromatic carbocycles. The fourth-order valence-corrected chi connectivity index (χ4v) is 2.93. The lowest BCUT2D eigenvalue weighted by Gasteiger charge is -2.14. The van der Waals surface area contributed by atoms with Crippen molar-refractivity contribution >= 4 is 11.5 Å². The maximum absolute atomic E-state index is 6.12. The van der Waals surface area contributed by atoms with Crippen molar-refractivity contribution in [2.75, 3.05) is 11.9 Å². The van der Waals surface area contributed by atoms with Crippen LogP contribution in [0.1, 0.15) is 13.8 Å². The number of nitrogens with zero attached hydrogens (tertiary/aromatic N) is 3. The maximum Gasteiger partial charge on any atom is 0.180 e. The second-order valence-corrected chi connectivity index (χ2v) is 6.80. The van der Waals surface area contributed by atoms with E-state index in [4.69, 9.17) is 4.74 Å². The Morgan fingerprint density at radius 2 is 1.78 bits per heavy atom.